The molecule has 0 unspecified atom stereocenters. The third-order valence-corrected chi connectivity index (χ3v) is 5.84. The predicted molar refractivity (Wildman–Crippen MR) is 112 cm³/mol. The van der Waals surface area contributed by atoms with Gasteiger partial charge < -0.3 is 5.32 Å². The van der Waals surface area contributed by atoms with Gasteiger partial charge in [0, 0.05) is 36.8 Å². The minimum absolute atomic E-state index is 0.424. The lowest BCUT2D eigenvalue weighted by Gasteiger charge is -2.28. The normalized spacial score (nSPS) is 15.3. The summed E-state index contributed by atoms with van der Waals surface area (Å²) in [6, 6.07) is 22.6. The molecule has 0 spiro atoms. The Morgan fingerprint density at radius 3 is 2.44 bits per heavy atom. The molecule has 1 aliphatic rings. The first-order valence-corrected chi connectivity index (χ1v) is 9.98. The van der Waals surface area contributed by atoms with Gasteiger partial charge in [0.05, 0.1) is 0 Å². The van der Waals surface area contributed by atoms with Crippen LogP contribution in [-0.4, -0.2) is 18.1 Å². The summed E-state index contributed by atoms with van der Waals surface area (Å²) in [5, 5.41) is 3.37. The van der Waals surface area contributed by atoms with E-state index in [4.69, 9.17) is 0 Å². The van der Waals surface area contributed by atoms with Gasteiger partial charge in [-0.25, -0.2) is 0 Å². The third kappa shape index (κ3) is 4.12. The second-order valence-corrected chi connectivity index (χ2v) is 7.78. The molecule has 1 atom stereocenters. The monoisotopic (exact) mass is 356 g/mol. The van der Waals surface area contributed by atoms with Gasteiger partial charge in [-0.05, 0) is 66.6 Å². The Morgan fingerprint density at radius 1 is 1.00 bits per heavy atom. The van der Waals surface area contributed by atoms with Crippen molar-refractivity contribution in [3.8, 4) is 0 Å². The van der Waals surface area contributed by atoms with E-state index in [9.17, 15) is 0 Å². The zero-order valence-corrected chi connectivity index (χ0v) is 16.3. The SMILES string of the molecule is Cc1cc(CC[C@H](c2ccc(C3CNC3)cc2)c2ccccc2C)ccn1. The molecule has 1 aromatic heterocycles. The fourth-order valence-electron chi connectivity index (χ4n) is 4.08. The maximum absolute atomic E-state index is 4.33. The van der Waals surface area contributed by atoms with Crippen LogP contribution in [0.25, 0.3) is 0 Å². The summed E-state index contributed by atoms with van der Waals surface area (Å²) in [5.74, 6) is 1.11. The maximum Gasteiger partial charge on any atom is 0.0375 e. The van der Waals surface area contributed by atoms with E-state index >= 15 is 0 Å². The molecular weight excluding hydrogens is 328 g/mol. The summed E-state index contributed by atoms with van der Waals surface area (Å²) in [7, 11) is 0. The van der Waals surface area contributed by atoms with Gasteiger partial charge in [-0.2, -0.15) is 0 Å². The van der Waals surface area contributed by atoms with E-state index in [1.165, 1.54) is 27.8 Å². The Bertz CT molecular complexity index is 894. The molecule has 1 saturated heterocycles. The summed E-state index contributed by atoms with van der Waals surface area (Å²) in [6.45, 7) is 6.52. The molecule has 3 aromatic rings. The zero-order valence-electron chi connectivity index (χ0n) is 16.3. The van der Waals surface area contributed by atoms with Crippen LogP contribution in [0, 0.1) is 13.8 Å². The molecule has 2 heterocycles. The van der Waals surface area contributed by atoms with Crippen LogP contribution in [0.5, 0.6) is 0 Å². The van der Waals surface area contributed by atoms with Crippen molar-refractivity contribution in [2.75, 3.05) is 13.1 Å². The van der Waals surface area contributed by atoms with Crippen LogP contribution in [0.4, 0.5) is 0 Å². The van der Waals surface area contributed by atoms with E-state index in [0.29, 0.717) is 11.8 Å². The minimum Gasteiger partial charge on any atom is -0.315 e. The molecule has 0 saturated carbocycles. The number of hydrogen-bond donors (Lipinski definition) is 1. The van der Waals surface area contributed by atoms with Crippen LogP contribution >= 0.6 is 0 Å². The van der Waals surface area contributed by atoms with Crippen molar-refractivity contribution in [3.05, 3.63) is 100 Å². The van der Waals surface area contributed by atoms with Gasteiger partial charge in [0.2, 0.25) is 0 Å². The number of hydrogen-bond acceptors (Lipinski definition) is 2. The quantitative estimate of drug-likeness (QED) is 0.661. The molecule has 1 aliphatic heterocycles. The van der Waals surface area contributed by atoms with E-state index < -0.39 is 0 Å². The Labute approximate surface area is 162 Å². The van der Waals surface area contributed by atoms with Gasteiger partial charge >= 0.3 is 0 Å². The fraction of sp³-hybridized carbons (Fsp3) is 0.320. The van der Waals surface area contributed by atoms with Crippen molar-refractivity contribution in [1.82, 2.24) is 10.3 Å². The van der Waals surface area contributed by atoms with E-state index in [0.717, 1.165) is 31.6 Å². The van der Waals surface area contributed by atoms with Crippen molar-refractivity contribution in [2.24, 2.45) is 0 Å². The first-order valence-electron chi connectivity index (χ1n) is 9.98. The number of rotatable bonds is 6. The molecule has 2 nitrogen and oxygen atoms in total. The average molecular weight is 357 g/mol. The summed E-state index contributed by atoms with van der Waals surface area (Å²) in [6.07, 6.45) is 4.10. The largest absolute Gasteiger partial charge is 0.315 e. The lowest BCUT2D eigenvalue weighted by atomic mass is 9.83. The van der Waals surface area contributed by atoms with Gasteiger partial charge in [0.15, 0.2) is 0 Å². The van der Waals surface area contributed by atoms with Gasteiger partial charge in [0.1, 0.15) is 0 Å². The molecule has 1 N–H and O–H groups in total. The molecule has 0 aliphatic carbocycles. The molecule has 2 aromatic carbocycles. The van der Waals surface area contributed by atoms with Crippen LogP contribution in [0.1, 0.15) is 51.8 Å². The highest BCUT2D eigenvalue weighted by Crippen LogP contribution is 2.32. The zero-order chi connectivity index (χ0) is 18.6. The molecule has 138 valence electrons. The standard InChI is InChI=1S/C25H28N2/c1-18-5-3-4-6-24(18)25(12-7-20-13-14-27-19(2)15-20)22-10-8-21(9-11-22)23-16-26-17-23/h3-6,8-11,13-15,23,25-26H,7,12,16-17H2,1-2H3/t25-/m1/s1. The van der Waals surface area contributed by atoms with Crippen LogP contribution in [-0.2, 0) is 6.42 Å². The van der Waals surface area contributed by atoms with E-state index in [1.54, 1.807) is 0 Å². The van der Waals surface area contributed by atoms with Crippen LogP contribution in [0.3, 0.4) is 0 Å². The Morgan fingerprint density at radius 2 is 1.78 bits per heavy atom. The van der Waals surface area contributed by atoms with Crippen LogP contribution in [0.15, 0.2) is 66.9 Å². The second-order valence-electron chi connectivity index (χ2n) is 7.78. The van der Waals surface area contributed by atoms with Crippen molar-refractivity contribution in [2.45, 2.75) is 38.5 Å². The highest BCUT2D eigenvalue weighted by Gasteiger charge is 2.20. The molecule has 2 heteroatoms. The number of aromatic nitrogens is 1. The van der Waals surface area contributed by atoms with Crippen molar-refractivity contribution in [1.29, 1.82) is 0 Å². The topological polar surface area (TPSA) is 24.9 Å². The number of benzene rings is 2. The number of nitrogens with zero attached hydrogens (tertiary/aromatic N) is 1. The van der Waals surface area contributed by atoms with Gasteiger partial charge in [-0.15, -0.1) is 0 Å². The smallest absolute Gasteiger partial charge is 0.0375 e. The van der Waals surface area contributed by atoms with Gasteiger partial charge in [-0.3, -0.25) is 4.98 Å². The first-order chi connectivity index (χ1) is 13.2. The molecule has 0 radical (unpaired) electrons. The van der Waals surface area contributed by atoms with E-state index in [1.807, 2.05) is 6.20 Å². The van der Waals surface area contributed by atoms with Gasteiger partial charge in [-0.1, -0.05) is 48.5 Å². The van der Waals surface area contributed by atoms with Crippen molar-refractivity contribution < 1.29 is 0 Å². The Kier molecular flexibility index (Phi) is 5.35. The molecule has 0 bridgehead atoms. The lowest BCUT2D eigenvalue weighted by molar-refractivity contribution is 0.448. The number of nitrogens with one attached hydrogen (secondary N) is 1. The molecular formula is C25H28N2. The lowest BCUT2D eigenvalue weighted by Crippen LogP contribution is -2.39. The summed E-state index contributed by atoms with van der Waals surface area (Å²) < 4.78 is 0. The summed E-state index contributed by atoms with van der Waals surface area (Å²) >= 11 is 0. The van der Waals surface area contributed by atoms with E-state index in [2.05, 4.69) is 84.8 Å². The minimum atomic E-state index is 0.424. The van der Waals surface area contributed by atoms with Crippen LogP contribution < -0.4 is 5.32 Å². The average Bonchev–Trinajstić information content (AvgIpc) is 2.63. The molecule has 4 rings (SSSR count). The molecule has 0 amide bonds. The Hall–Kier alpha value is -2.45. The maximum atomic E-state index is 4.33. The fourth-order valence-corrected chi connectivity index (χ4v) is 4.08. The molecule has 27 heavy (non-hydrogen) atoms. The highest BCUT2D eigenvalue weighted by atomic mass is 14.9. The first kappa shape index (κ1) is 17.9. The van der Waals surface area contributed by atoms with Crippen molar-refractivity contribution in [3.63, 3.8) is 0 Å². The highest BCUT2D eigenvalue weighted by molar-refractivity contribution is 5.39. The number of aryl methyl sites for hydroxylation is 3. The Balaban J connectivity index is 1.60. The van der Waals surface area contributed by atoms with Crippen LogP contribution in [0.2, 0.25) is 0 Å². The van der Waals surface area contributed by atoms with E-state index in [-0.39, 0.29) is 0 Å². The second kappa shape index (κ2) is 8.06. The number of pyridine rings is 1. The summed E-state index contributed by atoms with van der Waals surface area (Å²) in [5.41, 5.74) is 8.18. The summed E-state index contributed by atoms with van der Waals surface area (Å²) in [4.78, 5) is 4.33. The predicted octanol–water partition coefficient (Wildman–Crippen LogP) is 5.15. The van der Waals surface area contributed by atoms with Crippen molar-refractivity contribution >= 4 is 0 Å². The van der Waals surface area contributed by atoms with Gasteiger partial charge in [0.25, 0.3) is 0 Å². The molecule has 1 fully saturated rings. The third-order valence-electron chi connectivity index (χ3n) is 5.84.